The minimum absolute atomic E-state index is 0.0500. The summed E-state index contributed by atoms with van der Waals surface area (Å²) in [6.45, 7) is 16.6. The highest BCUT2D eigenvalue weighted by molar-refractivity contribution is 5.81. The second kappa shape index (κ2) is 20.0. The van der Waals surface area contributed by atoms with Crippen molar-refractivity contribution in [3.63, 3.8) is 0 Å². The number of likely N-dealkylation sites (N-methyl/N-ethyl adjacent to an activating group) is 1. The first-order valence-electron chi connectivity index (χ1n) is 18.5. The largest absolute Gasteiger partial charge is 0.459 e. The van der Waals surface area contributed by atoms with Gasteiger partial charge in [0.25, 0.3) is 0 Å². The van der Waals surface area contributed by atoms with Crippen LogP contribution < -0.4 is 5.32 Å². The quantitative estimate of drug-likeness (QED) is 0.197. The highest BCUT2D eigenvalue weighted by Gasteiger charge is 2.52. The van der Waals surface area contributed by atoms with Crippen molar-refractivity contribution >= 4 is 17.8 Å². The summed E-state index contributed by atoms with van der Waals surface area (Å²) in [5.74, 6) is -3.37. The van der Waals surface area contributed by atoms with Crippen LogP contribution in [-0.2, 0) is 42.7 Å². The molecule has 0 aliphatic carbocycles. The summed E-state index contributed by atoms with van der Waals surface area (Å²) < 4.78 is 42.3. The van der Waals surface area contributed by atoms with Crippen LogP contribution in [0.15, 0.2) is 0 Å². The van der Waals surface area contributed by atoms with Crippen molar-refractivity contribution in [2.24, 2.45) is 17.8 Å². The Labute approximate surface area is 305 Å². The Morgan fingerprint density at radius 2 is 1.76 bits per heavy atom. The number of cyclic esters (lactones) is 1. The summed E-state index contributed by atoms with van der Waals surface area (Å²) in [6, 6.07) is -0.280. The molecule has 2 aliphatic rings. The van der Waals surface area contributed by atoms with Crippen LogP contribution >= 0.6 is 0 Å². The Morgan fingerprint density at radius 3 is 2.31 bits per heavy atom. The smallest absolute Gasteiger partial charge is 0.407 e. The van der Waals surface area contributed by atoms with Gasteiger partial charge >= 0.3 is 12.1 Å². The average Bonchev–Trinajstić information content (AvgIpc) is 3.06. The molecular formula is C37H68N2O12. The van der Waals surface area contributed by atoms with Crippen molar-refractivity contribution in [2.75, 3.05) is 41.5 Å². The molecule has 0 aromatic rings. The Balaban J connectivity index is 2.67. The van der Waals surface area contributed by atoms with Crippen molar-refractivity contribution in [2.45, 2.75) is 161 Å². The van der Waals surface area contributed by atoms with Gasteiger partial charge in [-0.1, -0.05) is 20.8 Å². The number of methoxy groups -OCH3 is 2. The number of nitrogens with zero attached hydrogens (tertiary/aromatic N) is 1. The molecule has 0 saturated carbocycles. The number of carbonyl (C=O) groups excluding carboxylic acids is 3. The van der Waals surface area contributed by atoms with E-state index in [1.807, 2.05) is 39.8 Å². The third-order valence-electron chi connectivity index (χ3n) is 10.6. The van der Waals surface area contributed by atoms with Gasteiger partial charge in [0.05, 0.1) is 35.9 Å². The molecule has 14 nitrogen and oxygen atoms in total. The summed E-state index contributed by atoms with van der Waals surface area (Å²) in [6.07, 6.45) is -5.94. The van der Waals surface area contributed by atoms with Crippen molar-refractivity contribution < 1.29 is 57.8 Å². The number of hydrogen-bond acceptors (Lipinski definition) is 13. The molecule has 0 unspecified atom stereocenters. The first kappa shape index (κ1) is 45.2. The van der Waals surface area contributed by atoms with Crippen molar-refractivity contribution in [3.8, 4) is 0 Å². The molecule has 0 bridgehead atoms. The normalized spacial score (nSPS) is 39.0. The van der Waals surface area contributed by atoms with E-state index in [1.165, 1.54) is 21.1 Å². The number of Topliss-reactive ketones (excluding diaryl/α,β-unsaturated/α-hetero) is 1. The highest BCUT2D eigenvalue weighted by atomic mass is 16.7. The van der Waals surface area contributed by atoms with Crippen LogP contribution in [0.25, 0.3) is 0 Å². The number of rotatable bonds is 12. The van der Waals surface area contributed by atoms with E-state index in [0.717, 1.165) is 0 Å². The monoisotopic (exact) mass is 732 g/mol. The molecule has 2 saturated heterocycles. The summed E-state index contributed by atoms with van der Waals surface area (Å²) in [7, 11) is 6.65. The molecule has 0 aromatic heterocycles. The molecule has 14 heteroatoms. The number of nitrogens with one attached hydrogen (secondary N) is 1. The van der Waals surface area contributed by atoms with Crippen molar-refractivity contribution in [3.05, 3.63) is 0 Å². The summed E-state index contributed by atoms with van der Waals surface area (Å²) in [5, 5.41) is 25.9. The second-order valence-corrected chi connectivity index (χ2v) is 15.4. The van der Waals surface area contributed by atoms with Crippen molar-refractivity contribution in [1.82, 2.24) is 10.2 Å². The molecule has 0 radical (unpaired) electrons. The number of alkyl carbamates (subject to hydrolysis) is 1. The van der Waals surface area contributed by atoms with Gasteiger partial charge in [-0.2, -0.15) is 0 Å². The Hall–Kier alpha value is -1.91. The molecule has 1 amide bonds. The van der Waals surface area contributed by atoms with Crippen LogP contribution in [0.3, 0.4) is 0 Å². The number of amides is 1. The van der Waals surface area contributed by atoms with Gasteiger partial charge in [0.2, 0.25) is 0 Å². The number of aliphatic hydroxyl groups excluding tert-OH is 1. The van der Waals surface area contributed by atoms with Gasteiger partial charge in [-0.25, -0.2) is 4.79 Å². The molecule has 0 spiro atoms. The second-order valence-electron chi connectivity index (χ2n) is 15.4. The zero-order chi connectivity index (χ0) is 38.8. The first-order valence-corrected chi connectivity index (χ1v) is 18.5. The van der Waals surface area contributed by atoms with E-state index in [2.05, 4.69) is 5.32 Å². The van der Waals surface area contributed by atoms with E-state index in [4.69, 9.17) is 33.2 Å². The lowest BCUT2D eigenvalue weighted by molar-refractivity contribution is -0.301. The lowest BCUT2D eigenvalue weighted by Crippen LogP contribution is -2.60. The van der Waals surface area contributed by atoms with Gasteiger partial charge in [0, 0.05) is 51.7 Å². The molecule has 13 atom stereocenters. The molecule has 2 heterocycles. The molecule has 298 valence electrons. The minimum Gasteiger partial charge on any atom is -0.459 e. The lowest BCUT2D eigenvalue weighted by atomic mass is 9.76. The van der Waals surface area contributed by atoms with Gasteiger partial charge < -0.3 is 53.6 Å². The predicted molar refractivity (Wildman–Crippen MR) is 190 cm³/mol. The van der Waals surface area contributed by atoms with E-state index >= 15 is 0 Å². The number of esters is 1. The van der Waals surface area contributed by atoms with E-state index in [9.17, 15) is 24.6 Å². The van der Waals surface area contributed by atoms with Crippen LogP contribution in [-0.4, -0.2) is 141 Å². The van der Waals surface area contributed by atoms with Gasteiger partial charge in [0.15, 0.2) is 6.29 Å². The molecule has 2 fully saturated rings. The fourth-order valence-corrected chi connectivity index (χ4v) is 7.36. The fraction of sp³-hybridized carbons (Fsp3) is 0.919. The standard InChI is InChI=1S/C37H68N2O12/c1-14-28-37(9,44)29(45-12)19-27(40)22(4)20-36(8,46-13)32(51-34-30(41)26(39(10)11)18-23(5)48-34)24(6)31(25(7)33(42)49-28)50-35(43)38-16-15-17-47-21(2)3/h21-26,28-32,34,41,44H,14-20H2,1-13H3,(H,38,43)/t22-,23-,24+,25-,26+,28-,29-,30-,31+,32-,34+,36-,37-/m1/s1. The third kappa shape index (κ3) is 12.0. The Morgan fingerprint density at radius 1 is 1.12 bits per heavy atom. The van der Waals surface area contributed by atoms with Crippen LogP contribution in [0.2, 0.25) is 0 Å². The number of carbonyl (C=O) groups is 3. The van der Waals surface area contributed by atoms with Gasteiger partial charge in [0.1, 0.15) is 29.7 Å². The Kier molecular flexibility index (Phi) is 17.7. The molecule has 2 rings (SSSR count). The maximum Gasteiger partial charge on any atom is 0.407 e. The van der Waals surface area contributed by atoms with E-state index in [1.54, 1.807) is 34.6 Å². The van der Waals surface area contributed by atoms with Gasteiger partial charge in [-0.3, -0.25) is 9.59 Å². The molecule has 3 N–H and O–H groups in total. The zero-order valence-electron chi connectivity index (χ0n) is 33.3. The maximum absolute atomic E-state index is 14.0. The lowest BCUT2D eigenvalue weighted by Gasteiger charge is -2.48. The average molecular weight is 733 g/mol. The van der Waals surface area contributed by atoms with E-state index in [0.29, 0.717) is 19.4 Å². The summed E-state index contributed by atoms with van der Waals surface area (Å²) >= 11 is 0. The van der Waals surface area contributed by atoms with Crippen LogP contribution in [0.4, 0.5) is 4.79 Å². The summed E-state index contributed by atoms with van der Waals surface area (Å²) in [4.78, 5) is 43.0. The topological polar surface area (TPSA) is 172 Å². The molecule has 51 heavy (non-hydrogen) atoms. The fourth-order valence-electron chi connectivity index (χ4n) is 7.36. The maximum atomic E-state index is 14.0. The van der Waals surface area contributed by atoms with Crippen LogP contribution in [0, 0.1) is 17.8 Å². The van der Waals surface area contributed by atoms with Crippen molar-refractivity contribution in [1.29, 1.82) is 0 Å². The molecule has 2 aliphatic heterocycles. The predicted octanol–water partition coefficient (Wildman–Crippen LogP) is 3.47. The minimum atomic E-state index is -1.72. The highest BCUT2D eigenvalue weighted by Crippen LogP contribution is 2.39. The number of aliphatic hydroxyl groups is 2. The van der Waals surface area contributed by atoms with Gasteiger partial charge in [-0.15, -0.1) is 0 Å². The zero-order valence-corrected chi connectivity index (χ0v) is 33.3. The van der Waals surface area contributed by atoms with Gasteiger partial charge in [-0.05, 0) is 81.3 Å². The number of hydrogen-bond donors (Lipinski definition) is 3. The first-order chi connectivity index (χ1) is 23.7. The third-order valence-corrected chi connectivity index (χ3v) is 10.6. The SMILES string of the molecule is CC[C@H]1OC(=O)[C@H](C)[C@@H](OC(=O)NCCCOC(C)C)[C@H](C)[C@@H](O[C@@H]2O[C@H](C)C[C@H](N(C)C)[C@H]2O)[C@](C)(OC)C[C@@H](C)C(=O)C[C@@H](OC)[C@]1(C)O. The molecular weight excluding hydrogens is 664 g/mol. The number of ether oxygens (including phenoxy) is 7. The summed E-state index contributed by atoms with van der Waals surface area (Å²) in [5.41, 5.74) is -2.96. The van der Waals surface area contributed by atoms with Crippen LogP contribution in [0.1, 0.15) is 94.4 Å². The Bertz CT molecular complexity index is 1110. The van der Waals surface area contributed by atoms with Crippen LogP contribution in [0.5, 0.6) is 0 Å². The van der Waals surface area contributed by atoms with E-state index in [-0.39, 0.29) is 49.8 Å². The number of ketones is 1. The van der Waals surface area contributed by atoms with E-state index < -0.39 is 77.8 Å². The molecule has 0 aromatic carbocycles.